The smallest absolute Gasteiger partial charge is 0.244 e. The number of ether oxygens (including phenoxy) is 1. The fraction of sp³-hybridized carbons (Fsp3) is 0.286. The summed E-state index contributed by atoms with van der Waals surface area (Å²) >= 11 is 3.30. The van der Waals surface area contributed by atoms with Crippen LogP contribution < -0.4 is 5.32 Å². The van der Waals surface area contributed by atoms with E-state index in [4.69, 9.17) is 4.74 Å². The SMILES string of the molecule is O=C(C=Cc1cc(Br)ccc1F)NCc1ccccc1CN1CCOCC1. The predicted octanol–water partition coefficient (Wildman–Crippen LogP) is 3.75. The number of morpholine rings is 1. The van der Waals surface area contributed by atoms with Crippen molar-refractivity contribution in [3.63, 3.8) is 0 Å². The average Bonchev–Trinajstić information content (AvgIpc) is 2.69. The van der Waals surface area contributed by atoms with Gasteiger partial charge < -0.3 is 10.1 Å². The molecule has 6 heteroatoms. The summed E-state index contributed by atoms with van der Waals surface area (Å²) in [4.78, 5) is 14.5. The van der Waals surface area contributed by atoms with Crippen LogP contribution in [-0.4, -0.2) is 37.1 Å². The second-order valence-electron chi connectivity index (χ2n) is 6.37. The minimum atomic E-state index is -0.363. The Hall–Kier alpha value is -2.02. The normalized spacial score (nSPS) is 15.2. The molecule has 1 aliphatic rings. The molecular weight excluding hydrogens is 411 g/mol. The maximum Gasteiger partial charge on any atom is 0.244 e. The Balaban J connectivity index is 1.58. The van der Waals surface area contributed by atoms with E-state index in [-0.39, 0.29) is 11.7 Å². The number of halogens is 2. The van der Waals surface area contributed by atoms with Crippen molar-refractivity contribution in [3.05, 3.63) is 75.5 Å². The third-order valence-electron chi connectivity index (χ3n) is 4.44. The van der Waals surface area contributed by atoms with Gasteiger partial charge in [-0.3, -0.25) is 9.69 Å². The highest BCUT2D eigenvalue weighted by Crippen LogP contribution is 2.17. The van der Waals surface area contributed by atoms with E-state index >= 15 is 0 Å². The van der Waals surface area contributed by atoms with E-state index in [1.165, 1.54) is 23.8 Å². The lowest BCUT2D eigenvalue weighted by molar-refractivity contribution is -0.116. The maximum atomic E-state index is 13.7. The Bertz CT molecular complexity index is 820. The molecule has 0 saturated carbocycles. The van der Waals surface area contributed by atoms with Crippen LogP contribution in [-0.2, 0) is 22.6 Å². The molecule has 0 aromatic heterocycles. The van der Waals surface area contributed by atoms with Gasteiger partial charge in [0.15, 0.2) is 0 Å². The van der Waals surface area contributed by atoms with Crippen molar-refractivity contribution in [1.82, 2.24) is 10.2 Å². The van der Waals surface area contributed by atoms with E-state index in [1.807, 2.05) is 18.2 Å². The Morgan fingerprint density at radius 2 is 1.93 bits per heavy atom. The van der Waals surface area contributed by atoms with Crippen LogP contribution in [0.5, 0.6) is 0 Å². The Kier molecular flexibility index (Phi) is 7.15. The van der Waals surface area contributed by atoms with Crippen molar-refractivity contribution in [3.8, 4) is 0 Å². The molecule has 3 rings (SSSR count). The van der Waals surface area contributed by atoms with Crippen LogP contribution in [0.3, 0.4) is 0 Å². The molecule has 1 fully saturated rings. The first kappa shape index (κ1) is 19.7. The van der Waals surface area contributed by atoms with Crippen LogP contribution in [0.4, 0.5) is 4.39 Å². The predicted molar refractivity (Wildman–Crippen MR) is 108 cm³/mol. The molecule has 0 unspecified atom stereocenters. The second kappa shape index (κ2) is 9.78. The lowest BCUT2D eigenvalue weighted by atomic mass is 10.1. The molecule has 142 valence electrons. The summed E-state index contributed by atoms with van der Waals surface area (Å²) in [5.74, 6) is -0.617. The van der Waals surface area contributed by atoms with Crippen LogP contribution in [0.2, 0.25) is 0 Å². The molecule has 2 aromatic carbocycles. The number of nitrogens with one attached hydrogen (secondary N) is 1. The summed E-state index contributed by atoms with van der Waals surface area (Å²) in [5, 5.41) is 2.88. The number of carbonyl (C=O) groups is 1. The van der Waals surface area contributed by atoms with Gasteiger partial charge in [-0.05, 0) is 35.4 Å². The van der Waals surface area contributed by atoms with Crippen LogP contribution in [0.15, 0.2) is 53.0 Å². The van der Waals surface area contributed by atoms with Crippen molar-refractivity contribution < 1.29 is 13.9 Å². The molecule has 1 amide bonds. The first-order valence-corrected chi connectivity index (χ1v) is 9.69. The number of amides is 1. The third kappa shape index (κ3) is 5.99. The zero-order valence-electron chi connectivity index (χ0n) is 15.0. The molecule has 0 radical (unpaired) electrons. The molecule has 1 aliphatic heterocycles. The standard InChI is InChI=1S/C21H22BrFN2O2/c22-19-6-7-20(23)16(13-19)5-8-21(26)24-14-17-3-1-2-4-18(17)15-25-9-11-27-12-10-25/h1-8,13H,9-12,14-15H2,(H,24,26). The van der Waals surface area contributed by atoms with Crippen LogP contribution in [0.1, 0.15) is 16.7 Å². The van der Waals surface area contributed by atoms with Gasteiger partial charge in [0.2, 0.25) is 5.91 Å². The first-order valence-electron chi connectivity index (χ1n) is 8.89. The summed E-state index contributed by atoms with van der Waals surface area (Å²) in [6.07, 6.45) is 2.84. The summed E-state index contributed by atoms with van der Waals surface area (Å²) in [6.45, 7) is 4.63. The van der Waals surface area contributed by atoms with E-state index in [0.717, 1.165) is 42.9 Å². The van der Waals surface area contributed by atoms with Gasteiger partial charge in [0.25, 0.3) is 0 Å². The van der Waals surface area contributed by atoms with E-state index in [0.29, 0.717) is 12.1 Å². The second-order valence-corrected chi connectivity index (χ2v) is 7.29. The quantitative estimate of drug-likeness (QED) is 0.706. The van der Waals surface area contributed by atoms with Gasteiger partial charge in [-0.2, -0.15) is 0 Å². The minimum absolute atomic E-state index is 0.254. The fourth-order valence-corrected chi connectivity index (χ4v) is 3.31. The van der Waals surface area contributed by atoms with Gasteiger partial charge in [0, 0.05) is 42.3 Å². The first-order chi connectivity index (χ1) is 13.1. The fourth-order valence-electron chi connectivity index (χ4n) is 2.93. The van der Waals surface area contributed by atoms with Gasteiger partial charge in [0.05, 0.1) is 13.2 Å². The number of nitrogens with zero attached hydrogens (tertiary/aromatic N) is 1. The number of benzene rings is 2. The zero-order valence-corrected chi connectivity index (χ0v) is 16.5. The molecule has 0 spiro atoms. The Morgan fingerprint density at radius 3 is 2.70 bits per heavy atom. The number of hydrogen-bond donors (Lipinski definition) is 1. The molecule has 0 bridgehead atoms. The molecule has 1 saturated heterocycles. The van der Waals surface area contributed by atoms with E-state index < -0.39 is 0 Å². The van der Waals surface area contributed by atoms with E-state index in [1.54, 1.807) is 12.1 Å². The summed E-state index contributed by atoms with van der Waals surface area (Å²) in [7, 11) is 0. The van der Waals surface area contributed by atoms with Crippen LogP contribution in [0, 0.1) is 5.82 Å². The van der Waals surface area contributed by atoms with E-state index in [2.05, 4.69) is 32.2 Å². The lowest BCUT2D eigenvalue weighted by Crippen LogP contribution is -2.36. The highest BCUT2D eigenvalue weighted by molar-refractivity contribution is 9.10. The Labute approximate surface area is 167 Å². The van der Waals surface area contributed by atoms with Gasteiger partial charge >= 0.3 is 0 Å². The highest BCUT2D eigenvalue weighted by Gasteiger charge is 2.12. The van der Waals surface area contributed by atoms with E-state index in [9.17, 15) is 9.18 Å². The summed E-state index contributed by atoms with van der Waals surface area (Å²) in [6, 6.07) is 12.7. The average molecular weight is 433 g/mol. The monoisotopic (exact) mass is 432 g/mol. The number of hydrogen-bond acceptors (Lipinski definition) is 3. The van der Waals surface area contributed by atoms with Gasteiger partial charge in [-0.1, -0.05) is 40.2 Å². The summed E-state index contributed by atoms with van der Waals surface area (Å²) in [5.41, 5.74) is 2.65. The van der Waals surface area contributed by atoms with Gasteiger partial charge in [-0.15, -0.1) is 0 Å². The topological polar surface area (TPSA) is 41.6 Å². The zero-order chi connectivity index (χ0) is 19.1. The van der Waals surface area contributed by atoms with Crippen LogP contribution >= 0.6 is 15.9 Å². The number of carbonyl (C=O) groups excluding carboxylic acids is 1. The van der Waals surface area contributed by atoms with Crippen molar-refractivity contribution in [2.75, 3.05) is 26.3 Å². The highest BCUT2D eigenvalue weighted by atomic mass is 79.9. The van der Waals surface area contributed by atoms with Crippen molar-refractivity contribution in [1.29, 1.82) is 0 Å². The maximum absolute atomic E-state index is 13.7. The molecule has 1 heterocycles. The molecular formula is C21H22BrFN2O2. The van der Waals surface area contributed by atoms with Crippen molar-refractivity contribution in [2.24, 2.45) is 0 Å². The van der Waals surface area contributed by atoms with Crippen LogP contribution in [0.25, 0.3) is 6.08 Å². The van der Waals surface area contributed by atoms with Gasteiger partial charge in [-0.25, -0.2) is 4.39 Å². The lowest BCUT2D eigenvalue weighted by Gasteiger charge is -2.27. The number of rotatable bonds is 6. The third-order valence-corrected chi connectivity index (χ3v) is 4.93. The molecule has 2 aromatic rings. The Morgan fingerprint density at radius 1 is 1.19 bits per heavy atom. The molecule has 0 aliphatic carbocycles. The largest absolute Gasteiger partial charge is 0.379 e. The molecule has 1 N–H and O–H groups in total. The molecule has 4 nitrogen and oxygen atoms in total. The molecule has 0 atom stereocenters. The van der Waals surface area contributed by atoms with Crippen molar-refractivity contribution >= 4 is 27.9 Å². The molecule has 27 heavy (non-hydrogen) atoms. The van der Waals surface area contributed by atoms with Crippen molar-refractivity contribution in [2.45, 2.75) is 13.1 Å². The minimum Gasteiger partial charge on any atom is -0.379 e. The van der Waals surface area contributed by atoms with Gasteiger partial charge in [0.1, 0.15) is 5.82 Å². The summed E-state index contributed by atoms with van der Waals surface area (Å²) < 4.78 is 19.9.